The van der Waals surface area contributed by atoms with Crippen molar-refractivity contribution >= 4 is 5.97 Å². The molecule has 1 fully saturated rings. The van der Waals surface area contributed by atoms with E-state index in [1.807, 2.05) is 18.2 Å². The molecule has 86 valence electrons. The Morgan fingerprint density at radius 3 is 2.88 bits per heavy atom. The highest BCUT2D eigenvalue weighted by Gasteiger charge is 2.35. The molecular formula is C13H16O3. The molecule has 0 aromatic heterocycles. The molecule has 3 heteroatoms. The van der Waals surface area contributed by atoms with Gasteiger partial charge in [-0.15, -0.1) is 0 Å². The van der Waals surface area contributed by atoms with E-state index in [0.29, 0.717) is 12.8 Å². The Balaban J connectivity index is 1.89. The van der Waals surface area contributed by atoms with E-state index < -0.39 is 5.97 Å². The highest BCUT2D eigenvalue weighted by Crippen LogP contribution is 2.31. The standard InChI is InChI=1S/C13H16O3/c1-2-9-4-3-5-11(6-9)16-12-7-10(8-12)13(14)15/h3-6,10,12H,2,7-8H2,1H3,(H,14,15)/t10-,12-. The lowest BCUT2D eigenvalue weighted by molar-refractivity contribution is -0.147. The van der Waals surface area contributed by atoms with Crippen LogP contribution in [0, 0.1) is 5.92 Å². The average molecular weight is 220 g/mol. The molecule has 3 nitrogen and oxygen atoms in total. The highest BCUT2D eigenvalue weighted by molar-refractivity contribution is 5.71. The normalized spacial score (nSPS) is 23.6. The first-order valence-electron chi connectivity index (χ1n) is 5.67. The summed E-state index contributed by atoms with van der Waals surface area (Å²) in [5.41, 5.74) is 1.24. The van der Waals surface area contributed by atoms with Gasteiger partial charge in [-0.25, -0.2) is 0 Å². The number of aryl methyl sites for hydroxylation is 1. The first kappa shape index (κ1) is 11.0. The van der Waals surface area contributed by atoms with Crippen molar-refractivity contribution < 1.29 is 14.6 Å². The van der Waals surface area contributed by atoms with E-state index in [1.165, 1.54) is 5.56 Å². The fraction of sp³-hybridized carbons (Fsp3) is 0.462. The largest absolute Gasteiger partial charge is 0.490 e. The minimum atomic E-state index is -0.706. The van der Waals surface area contributed by atoms with E-state index >= 15 is 0 Å². The van der Waals surface area contributed by atoms with Gasteiger partial charge in [0.25, 0.3) is 0 Å². The van der Waals surface area contributed by atoms with Crippen molar-refractivity contribution in [1.29, 1.82) is 0 Å². The third kappa shape index (κ3) is 2.35. The van der Waals surface area contributed by atoms with Gasteiger partial charge in [0.1, 0.15) is 11.9 Å². The lowest BCUT2D eigenvalue weighted by Gasteiger charge is -2.32. The van der Waals surface area contributed by atoms with Crippen LogP contribution in [0.2, 0.25) is 0 Å². The molecule has 0 heterocycles. The Bertz CT molecular complexity index is 381. The van der Waals surface area contributed by atoms with Gasteiger partial charge in [0.15, 0.2) is 0 Å². The van der Waals surface area contributed by atoms with Crippen molar-refractivity contribution in [3.63, 3.8) is 0 Å². The lowest BCUT2D eigenvalue weighted by atomic mass is 9.82. The van der Waals surface area contributed by atoms with Gasteiger partial charge in [0, 0.05) is 0 Å². The predicted octanol–water partition coefficient (Wildman–Crippen LogP) is 2.49. The molecule has 0 saturated heterocycles. The number of carbonyl (C=O) groups is 1. The maximum atomic E-state index is 10.6. The number of rotatable bonds is 4. The summed E-state index contributed by atoms with van der Waals surface area (Å²) >= 11 is 0. The molecule has 0 aliphatic heterocycles. The van der Waals surface area contributed by atoms with Crippen LogP contribution in [0.1, 0.15) is 25.3 Å². The lowest BCUT2D eigenvalue weighted by Crippen LogP contribution is -2.38. The van der Waals surface area contributed by atoms with Crippen molar-refractivity contribution in [3.05, 3.63) is 29.8 Å². The van der Waals surface area contributed by atoms with E-state index in [9.17, 15) is 4.79 Å². The van der Waals surface area contributed by atoms with Crippen molar-refractivity contribution in [2.24, 2.45) is 5.92 Å². The first-order chi connectivity index (χ1) is 7.69. The second kappa shape index (κ2) is 4.56. The van der Waals surface area contributed by atoms with Crippen LogP contribution in [0.25, 0.3) is 0 Å². The maximum absolute atomic E-state index is 10.6. The SMILES string of the molecule is CCc1cccc(O[C@H]2C[C@H](C(=O)O)C2)c1. The number of hydrogen-bond acceptors (Lipinski definition) is 2. The Morgan fingerprint density at radius 2 is 2.25 bits per heavy atom. The van der Waals surface area contributed by atoms with Gasteiger partial charge in [0.05, 0.1) is 5.92 Å². The molecule has 0 unspecified atom stereocenters. The first-order valence-corrected chi connectivity index (χ1v) is 5.67. The van der Waals surface area contributed by atoms with Gasteiger partial charge in [-0.1, -0.05) is 19.1 Å². The molecule has 1 aliphatic rings. The van der Waals surface area contributed by atoms with Crippen LogP contribution < -0.4 is 4.74 Å². The number of hydrogen-bond donors (Lipinski definition) is 1. The fourth-order valence-electron chi connectivity index (χ4n) is 1.89. The smallest absolute Gasteiger partial charge is 0.306 e. The molecule has 1 aromatic carbocycles. The van der Waals surface area contributed by atoms with E-state index in [4.69, 9.17) is 9.84 Å². The number of benzene rings is 1. The zero-order valence-corrected chi connectivity index (χ0v) is 9.35. The molecule has 0 bridgehead atoms. The molecule has 1 saturated carbocycles. The summed E-state index contributed by atoms with van der Waals surface area (Å²) in [7, 11) is 0. The Hall–Kier alpha value is -1.51. The second-order valence-electron chi connectivity index (χ2n) is 4.25. The van der Waals surface area contributed by atoms with Crippen molar-refractivity contribution in [2.45, 2.75) is 32.3 Å². The summed E-state index contributed by atoms with van der Waals surface area (Å²) in [5.74, 6) is -0.0605. The Morgan fingerprint density at radius 1 is 1.50 bits per heavy atom. The summed E-state index contributed by atoms with van der Waals surface area (Å²) in [6, 6.07) is 7.98. The Labute approximate surface area is 95.0 Å². The summed E-state index contributed by atoms with van der Waals surface area (Å²) in [4.78, 5) is 10.6. The molecular weight excluding hydrogens is 204 g/mol. The fourth-order valence-corrected chi connectivity index (χ4v) is 1.89. The van der Waals surface area contributed by atoms with Gasteiger partial charge in [-0.3, -0.25) is 4.79 Å². The minimum Gasteiger partial charge on any atom is -0.490 e. The summed E-state index contributed by atoms with van der Waals surface area (Å²) < 4.78 is 5.71. The summed E-state index contributed by atoms with van der Waals surface area (Å²) in [6.07, 6.45) is 2.32. The van der Waals surface area contributed by atoms with Crippen molar-refractivity contribution in [2.75, 3.05) is 0 Å². The van der Waals surface area contributed by atoms with Crippen molar-refractivity contribution in [3.8, 4) is 5.75 Å². The molecule has 0 amide bonds. The predicted molar refractivity (Wildman–Crippen MR) is 60.6 cm³/mol. The molecule has 1 N–H and O–H groups in total. The van der Waals surface area contributed by atoms with Crippen LogP contribution in [0.4, 0.5) is 0 Å². The topological polar surface area (TPSA) is 46.5 Å². The average Bonchev–Trinajstić information content (AvgIpc) is 2.22. The molecule has 2 rings (SSSR count). The number of aliphatic carboxylic acids is 1. The van der Waals surface area contributed by atoms with E-state index in [2.05, 4.69) is 13.0 Å². The van der Waals surface area contributed by atoms with Crippen LogP contribution in [0.5, 0.6) is 5.75 Å². The van der Waals surface area contributed by atoms with Gasteiger partial charge in [-0.2, -0.15) is 0 Å². The number of carboxylic acid groups (broad SMARTS) is 1. The molecule has 0 radical (unpaired) electrons. The van der Waals surface area contributed by atoms with Crippen LogP contribution in [-0.4, -0.2) is 17.2 Å². The number of carboxylic acids is 1. The van der Waals surface area contributed by atoms with Crippen LogP contribution in [0.15, 0.2) is 24.3 Å². The van der Waals surface area contributed by atoms with Gasteiger partial charge in [0.2, 0.25) is 0 Å². The van der Waals surface area contributed by atoms with Crippen LogP contribution in [0.3, 0.4) is 0 Å². The zero-order valence-electron chi connectivity index (χ0n) is 9.35. The molecule has 1 aromatic rings. The minimum absolute atomic E-state index is 0.0770. The third-order valence-electron chi connectivity index (χ3n) is 3.05. The molecule has 0 spiro atoms. The second-order valence-corrected chi connectivity index (χ2v) is 4.25. The maximum Gasteiger partial charge on any atom is 0.306 e. The molecule has 0 atom stereocenters. The quantitative estimate of drug-likeness (QED) is 0.848. The zero-order chi connectivity index (χ0) is 11.5. The van der Waals surface area contributed by atoms with E-state index in [-0.39, 0.29) is 12.0 Å². The monoisotopic (exact) mass is 220 g/mol. The molecule has 1 aliphatic carbocycles. The van der Waals surface area contributed by atoms with Gasteiger partial charge >= 0.3 is 5.97 Å². The van der Waals surface area contributed by atoms with Crippen LogP contribution >= 0.6 is 0 Å². The van der Waals surface area contributed by atoms with Gasteiger partial charge in [-0.05, 0) is 37.0 Å². The van der Waals surface area contributed by atoms with Crippen LogP contribution in [-0.2, 0) is 11.2 Å². The number of ether oxygens (including phenoxy) is 1. The molecule has 16 heavy (non-hydrogen) atoms. The summed E-state index contributed by atoms with van der Waals surface area (Å²) in [6.45, 7) is 2.10. The Kier molecular flexibility index (Phi) is 3.13. The highest BCUT2D eigenvalue weighted by atomic mass is 16.5. The van der Waals surface area contributed by atoms with E-state index in [0.717, 1.165) is 12.2 Å². The van der Waals surface area contributed by atoms with E-state index in [1.54, 1.807) is 0 Å². The summed E-state index contributed by atoms with van der Waals surface area (Å²) in [5, 5.41) is 8.74. The van der Waals surface area contributed by atoms with Gasteiger partial charge < -0.3 is 9.84 Å². The van der Waals surface area contributed by atoms with Crippen molar-refractivity contribution in [1.82, 2.24) is 0 Å². The third-order valence-corrected chi connectivity index (χ3v) is 3.05.